The van der Waals surface area contributed by atoms with Gasteiger partial charge in [-0.1, -0.05) is 18.2 Å². The van der Waals surface area contributed by atoms with E-state index in [1.54, 1.807) is 25.3 Å². The summed E-state index contributed by atoms with van der Waals surface area (Å²) in [5.74, 6) is -0.598. The summed E-state index contributed by atoms with van der Waals surface area (Å²) in [7, 11) is 1.58. The third-order valence-electron chi connectivity index (χ3n) is 3.96. The fraction of sp³-hybridized carbons (Fsp3) is 0.235. The standard InChI is InChI=1S/C17H16O5/c1-21-12-5-2-10(3-6-12)16-13(9-22-17(16)20)11-4-7-14(18)15(19)8-11/h2-8,13,16,18-19H,9H2,1H3/t13-,16-/m0/s1. The van der Waals surface area contributed by atoms with Crippen molar-refractivity contribution in [2.24, 2.45) is 0 Å². The molecule has 0 unspecified atom stereocenters. The molecule has 5 nitrogen and oxygen atoms in total. The maximum atomic E-state index is 12.1. The molecule has 3 rings (SSSR count). The lowest BCUT2D eigenvalue weighted by Crippen LogP contribution is -2.12. The van der Waals surface area contributed by atoms with Gasteiger partial charge in [0.1, 0.15) is 5.75 Å². The van der Waals surface area contributed by atoms with Gasteiger partial charge in [0.15, 0.2) is 11.5 Å². The van der Waals surface area contributed by atoms with E-state index in [9.17, 15) is 15.0 Å². The van der Waals surface area contributed by atoms with Crippen LogP contribution in [0.15, 0.2) is 42.5 Å². The average Bonchev–Trinajstić information content (AvgIpc) is 2.92. The molecule has 0 saturated carbocycles. The minimum absolute atomic E-state index is 0.185. The number of hydrogen-bond acceptors (Lipinski definition) is 5. The Balaban J connectivity index is 1.96. The molecular weight excluding hydrogens is 284 g/mol. The van der Waals surface area contributed by atoms with Crippen LogP contribution < -0.4 is 4.74 Å². The molecule has 2 N–H and O–H groups in total. The van der Waals surface area contributed by atoms with E-state index < -0.39 is 5.92 Å². The highest BCUT2D eigenvalue weighted by atomic mass is 16.5. The van der Waals surface area contributed by atoms with Crippen LogP contribution in [0.4, 0.5) is 0 Å². The van der Waals surface area contributed by atoms with Gasteiger partial charge in [-0.05, 0) is 35.4 Å². The van der Waals surface area contributed by atoms with Gasteiger partial charge in [-0.15, -0.1) is 0 Å². The summed E-state index contributed by atoms with van der Waals surface area (Å²) in [6.07, 6.45) is 0. The highest BCUT2D eigenvalue weighted by molar-refractivity contribution is 5.82. The molecule has 1 heterocycles. The monoisotopic (exact) mass is 300 g/mol. The third kappa shape index (κ3) is 2.45. The molecule has 114 valence electrons. The predicted molar refractivity (Wildman–Crippen MR) is 79.2 cm³/mol. The van der Waals surface area contributed by atoms with Gasteiger partial charge in [0.25, 0.3) is 0 Å². The van der Waals surface area contributed by atoms with Gasteiger partial charge in [0.2, 0.25) is 0 Å². The summed E-state index contributed by atoms with van der Waals surface area (Å²) in [5.41, 5.74) is 1.59. The first-order valence-corrected chi connectivity index (χ1v) is 6.92. The molecule has 1 aliphatic heterocycles. The Hall–Kier alpha value is -2.69. The van der Waals surface area contributed by atoms with E-state index >= 15 is 0 Å². The molecule has 0 radical (unpaired) electrons. The van der Waals surface area contributed by atoms with Crippen LogP contribution in [0.25, 0.3) is 0 Å². The zero-order valence-electron chi connectivity index (χ0n) is 12.0. The van der Waals surface area contributed by atoms with Crippen LogP contribution in [-0.2, 0) is 9.53 Å². The molecule has 2 aromatic carbocycles. The molecule has 0 aromatic heterocycles. The Kier molecular flexibility index (Phi) is 3.63. The van der Waals surface area contributed by atoms with Crippen molar-refractivity contribution in [1.82, 2.24) is 0 Å². The molecular formula is C17H16O5. The molecule has 2 aromatic rings. The zero-order valence-corrected chi connectivity index (χ0v) is 12.0. The minimum Gasteiger partial charge on any atom is -0.504 e. The first-order chi connectivity index (χ1) is 10.6. The normalized spacial score (nSPS) is 20.7. The molecule has 1 fully saturated rings. The van der Waals surface area contributed by atoms with Gasteiger partial charge in [-0.3, -0.25) is 4.79 Å². The SMILES string of the molecule is COc1ccc([C@@H]2C(=O)OC[C@H]2c2ccc(O)c(O)c2)cc1. The topological polar surface area (TPSA) is 76.0 Å². The number of methoxy groups -OCH3 is 1. The van der Waals surface area contributed by atoms with Crippen LogP contribution in [-0.4, -0.2) is 29.9 Å². The second kappa shape index (κ2) is 5.60. The van der Waals surface area contributed by atoms with Crippen LogP contribution in [0.2, 0.25) is 0 Å². The van der Waals surface area contributed by atoms with Crippen LogP contribution in [0.5, 0.6) is 17.2 Å². The Labute approximate surface area is 127 Å². The number of rotatable bonds is 3. The maximum absolute atomic E-state index is 12.1. The lowest BCUT2D eigenvalue weighted by molar-refractivity contribution is -0.139. The second-order valence-corrected chi connectivity index (χ2v) is 5.24. The van der Waals surface area contributed by atoms with Crippen LogP contribution in [0, 0.1) is 0 Å². The summed E-state index contributed by atoms with van der Waals surface area (Å²) < 4.78 is 10.3. The van der Waals surface area contributed by atoms with Crippen molar-refractivity contribution in [3.8, 4) is 17.2 Å². The number of benzene rings is 2. The lowest BCUT2D eigenvalue weighted by Gasteiger charge is -2.16. The van der Waals surface area contributed by atoms with E-state index in [1.807, 2.05) is 12.1 Å². The van der Waals surface area contributed by atoms with Crippen LogP contribution in [0.3, 0.4) is 0 Å². The number of hydrogen-bond donors (Lipinski definition) is 2. The Bertz CT molecular complexity index is 693. The fourth-order valence-electron chi connectivity index (χ4n) is 2.76. The van der Waals surface area contributed by atoms with E-state index in [-0.39, 0.29) is 30.0 Å². The molecule has 22 heavy (non-hydrogen) atoms. The number of phenolic OH excluding ortho intramolecular Hbond substituents is 2. The number of carbonyl (C=O) groups is 1. The number of carbonyl (C=O) groups excluding carboxylic acids is 1. The molecule has 2 atom stereocenters. The van der Waals surface area contributed by atoms with Gasteiger partial charge >= 0.3 is 5.97 Å². The van der Waals surface area contributed by atoms with Crippen molar-refractivity contribution in [1.29, 1.82) is 0 Å². The average molecular weight is 300 g/mol. The van der Waals surface area contributed by atoms with Crippen LogP contribution in [0.1, 0.15) is 23.0 Å². The van der Waals surface area contributed by atoms with Crippen molar-refractivity contribution in [3.05, 3.63) is 53.6 Å². The number of cyclic esters (lactones) is 1. The maximum Gasteiger partial charge on any atom is 0.314 e. The number of phenols is 2. The Morgan fingerprint density at radius 2 is 1.73 bits per heavy atom. The minimum atomic E-state index is -0.435. The van der Waals surface area contributed by atoms with Crippen molar-refractivity contribution < 1.29 is 24.5 Å². The van der Waals surface area contributed by atoms with Gasteiger partial charge < -0.3 is 19.7 Å². The smallest absolute Gasteiger partial charge is 0.314 e. The van der Waals surface area contributed by atoms with E-state index in [4.69, 9.17) is 9.47 Å². The van der Waals surface area contributed by atoms with E-state index in [0.29, 0.717) is 5.75 Å². The molecule has 0 spiro atoms. The lowest BCUT2D eigenvalue weighted by atomic mass is 9.83. The van der Waals surface area contributed by atoms with E-state index in [0.717, 1.165) is 11.1 Å². The molecule has 0 aliphatic carbocycles. The molecule has 1 saturated heterocycles. The van der Waals surface area contributed by atoms with Crippen molar-refractivity contribution in [2.75, 3.05) is 13.7 Å². The van der Waals surface area contributed by atoms with Gasteiger partial charge in [0, 0.05) is 5.92 Å². The summed E-state index contributed by atoms with van der Waals surface area (Å²) in [6, 6.07) is 11.8. The van der Waals surface area contributed by atoms with Crippen molar-refractivity contribution >= 4 is 5.97 Å². The summed E-state index contributed by atoms with van der Waals surface area (Å²) in [4.78, 5) is 12.1. The molecule has 0 bridgehead atoms. The van der Waals surface area contributed by atoms with Gasteiger partial charge in [0.05, 0.1) is 19.6 Å². The van der Waals surface area contributed by atoms with Crippen LogP contribution >= 0.6 is 0 Å². The highest BCUT2D eigenvalue weighted by Crippen LogP contribution is 2.41. The van der Waals surface area contributed by atoms with E-state index in [1.165, 1.54) is 12.1 Å². The Morgan fingerprint density at radius 3 is 2.36 bits per heavy atom. The van der Waals surface area contributed by atoms with E-state index in [2.05, 4.69) is 0 Å². The van der Waals surface area contributed by atoms with Crippen molar-refractivity contribution in [2.45, 2.75) is 11.8 Å². The number of aromatic hydroxyl groups is 2. The van der Waals surface area contributed by atoms with Gasteiger partial charge in [-0.2, -0.15) is 0 Å². The number of ether oxygens (including phenoxy) is 2. The summed E-state index contributed by atoms with van der Waals surface area (Å²) >= 11 is 0. The summed E-state index contributed by atoms with van der Waals surface area (Å²) in [6.45, 7) is 0.250. The highest BCUT2D eigenvalue weighted by Gasteiger charge is 2.39. The predicted octanol–water partition coefficient (Wildman–Crippen LogP) is 2.53. The Morgan fingerprint density at radius 1 is 1.05 bits per heavy atom. The molecule has 1 aliphatic rings. The fourth-order valence-corrected chi connectivity index (χ4v) is 2.76. The largest absolute Gasteiger partial charge is 0.504 e. The summed E-state index contributed by atoms with van der Waals surface area (Å²) in [5, 5.41) is 19.1. The first-order valence-electron chi connectivity index (χ1n) is 6.92. The quantitative estimate of drug-likeness (QED) is 0.673. The first kappa shape index (κ1) is 14.3. The third-order valence-corrected chi connectivity index (χ3v) is 3.96. The number of esters is 1. The second-order valence-electron chi connectivity index (χ2n) is 5.24. The van der Waals surface area contributed by atoms with Gasteiger partial charge in [-0.25, -0.2) is 0 Å². The molecule has 5 heteroatoms. The zero-order chi connectivity index (χ0) is 15.7. The van der Waals surface area contributed by atoms with Crippen molar-refractivity contribution in [3.63, 3.8) is 0 Å². The molecule has 0 amide bonds.